The van der Waals surface area contributed by atoms with Crippen LogP contribution in [0.15, 0.2) is 87.5 Å². The summed E-state index contributed by atoms with van der Waals surface area (Å²) in [6.07, 6.45) is 1.54. The van der Waals surface area contributed by atoms with Gasteiger partial charge < -0.3 is 20.3 Å². The standard InChI is InChI=1S/C33H38F3N5O6S3/c34-33(35,36)49(43,44)31-19-29(50(45,46)39-32(42)23-6-8-25(9-7-23)40-16-13-37-14-17-40)10-11-30(31)38-24(22-48-28-4-2-1-3-5-28)12-15-41-20-27-18-26(41)21-47-27/h1-11,19,24,26-27,37-38H,12-18,20-22H2,(H,39,42). The number of halogens is 3. The van der Waals surface area contributed by atoms with E-state index in [4.69, 9.17) is 4.74 Å². The molecule has 2 bridgehead atoms. The van der Waals surface area contributed by atoms with E-state index in [0.29, 0.717) is 31.4 Å². The molecule has 0 spiro atoms. The summed E-state index contributed by atoms with van der Waals surface area (Å²) in [5, 5.41) is 6.23. The number of hydrogen-bond acceptors (Lipinski definition) is 11. The average Bonchev–Trinajstić information content (AvgIpc) is 3.74. The number of alkyl halides is 3. The Bertz CT molecular complexity index is 1880. The van der Waals surface area contributed by atoms with Gasteiger partial charge in [-0.3, -0.25) is 9.69 Å². The first-order valence-corrected chi connectivity index (χ1v) is 20.1. The first-order chi connectivity index (χ1) is 23.8. The van der Waals surface area contributed by atoms with Gasteiger partial charge in [-0.1, -0.05) is 18.2 Å². The molecular weight excluding hydrogens is 716 g/mol. The topological polar surface area (TPSA) is 137 Å². The van der Waals surface area contributed by atoms with Crippen LogP contribution >= 0.6 is 11.8 Å². The second-order valence-corrected chi connectivity index (χ2v) is 17.1. The van der Waals surface area contributed by atoms with Crippen molar-refractivity contribution < 1.29 is 39.5 Å². The van der Waals surface area contributed by atoms with Crippen LogP contribution in [0.3, 0.4) is 0 Å². The van der Waals surface area contributed by atoms with Gasteiger partial charge in [0.1, 0.15) is 4.90 Å². The number of likely N-dealkylation sites (tertiary alicyclic amines) is 1. The molecule has 17 heteroatoms. The lowest BCUT2D eigenvalue weighted by atomic mass is 10.2. The maximum Gasteiger partial charge on any atom is 0.501 e. The van der Waals surface area contributed by atoms with Crippen LogP contribution in [0.5, 0.6) is 0 Å². The number of nitrogens with one attached hydrogen (secondary N) is 3. The van der Waals surface area contributed by atoms with Gasteiger partial charge in [0.2, 0.25) is 0 Å². The minimum Gasteiger partial charge on any atom is -0.380 e. The van der Waals surface area contributed by atoms with E-state index in [1.807, 2.05) is 35.1 Å². The number of hydrogen-bond donors (Lipinski definition) is 3. The number of morpholine rings is 1. The predicted molar refractivity (Wildman–Crippen MR) is 185 cm³/mol. The highest BCUT2D eigenvalue weighted by Crippen LogP contribution is 2.37. The maximum absolute atomic E-state index is 14.0. The van der Waals surface area contributed by atoms with Crippen molar-refractivity contribution in [2.24, 2.45) is 0 Å². The fraction of sp³-hybridized carbons (Fsp3) is 0.424. The Hall–Kier alpha value is -3.35. The normalized spacial score (nSPS) is 20.5. The lowest BCUT2D eigenvalue weighted by Gasteiger charge is -2.29. The molecule has 3 unspecified atom stereocenters. The van der Waals surface area contributed by atoms with Crippen molar-refractivity contribution in [1.82, 2.24) is 14.9 Å². The zero-order valence-electron chi connectivity index (χ0n) is 26.9. The summed E-state index contributed by atoms with van der Waals surface area (Å²) in [7, 11) is -10.8. The largest absolute Gasteiger partial charge is 0.501 e. The van der Waals surface area contributed by atoms with Gasteiger partial charge in [-0.05, 0) is 67.4 Å². The summed E-state index contributed by atoms with van der Waals surface area (Å²) in [5.74, 6) is -0.629. The SMILES string of the molecule is O=C(NS(=O)(=O)c1ccc(NC(CCN2CC3CC2CO3)CSc2ccccc2)c(S(=O)(=O)C(F)(F)F)c1)c1ccc(N2CCNCC2)cc1. The van der Waals surface area contributed by atoms with E-state index >= 15 is 0 Å². The Morgan fingerprint density at radius 2 is 1.72 bits per heavy atom. The monoisotopic (exact) mass is 753 g/mol. The summed E-state index contributed by atoms with van der Waals surface area (Å²) in [6.45, 7) is 5.07. The number of carbonyl (C=O) groups excluding carboxylic acids is 1. The van der Waals surface area contributed by atoms with Crippen molar-refractivity contribution in [3.05, 3.63) is 78.4 Å². The molecule has 3 fully saturated rings. The molecule has 3 saturated heterocycles. The Kier molecular flexibility index (Phi) is 11.0. The zero-order chi connectivity index (χ0) is 35.5. The second-order valence-electron chi connectivity index (χ2n) is 12.4. The molecule has 11 nitrogen and oxygen atoms in total. The van der Waals surface area contributed by atoms with Gasteiger partial charge >= 0.3 is 5.51 Å². The zero-order valence-corrected chi connectivity index (χ0v) is 29.4. The molecule has 3 aromatic rings. The van der Waals surface area contributed by atoms with E-state index in [1.165, 1.54) is 23.9 Å². The first kappa shape index (κ1) is 36.4. The van der Waals surface area contributed by atoms with Crippen molar-refractivity contribution in [3.8, 4) is 0 Å². The molecule has 3 N–H and O–H groups in total. The number of benzene rings is 3. The fourth-order valence-corrected chi connectivity index (χ4v) is 9.34. The number of thioether (sulfide) groups is 1. The highest BCUT2D eigenvalue weighted by atomic mass is 32.2. The lowest BCUT2D eigenvalue weighted by molar-refractivity contribution is -0.0435. The molecule has 3 atom stereocenters. The molecule has 0 aliphatic carbocycles. The quantitative estimate of drug-likeness (QED) is 0.219. The van der Waals surface area contributed by atoms with E-state index in [-0.39, 0.29) is 23.4 Å². The summed E-state index contributed by atoms with van der Waals surface area (Å²) in [6, 6.07) is 17.8. The van der Waals surface area contributed by atoms with E-state index in [0.717, 1.165) is 61.9 Å². The van der Waals surface area contributed by atoms with Crippen molar-refractivity contribution in [2.75, 3.05) is 61.8 Å². The maximum atomic E-state index is 14.0. The number of nitrogens with zero attached hydrogens (tertiary/aromatic N) is 2. The molecule has 0 saturated carbocycles. The van der Waals surface area contributed by atoms with Crippen LogP contribution < -0.4 is 20.3 Å². The number of anilines is 2. The molecule has 3 heterocycles. The minimum absolute atomic E-state index is 0.00503. The Morgan fingerprint density at radius 3 is 2.36 bits per heavy atom. The summed E-state index contributed by atoms with van der Waals surface area (Å²) in [5.41, 5.74) is -5.26. The van der Waals surface area contributed by atoms with Gasteiger partial charge in [0.15, 0.2) is 0 Å². The van der Waals surface area contributed by atoms with Crippen LogP contribution in [0.1, 0.15) is 23.2 Å². The molecule has 3 aromatic carbocycles. The number of ether oxygens (including phenoxy) is 1. The average molecular weight is 754 g/mol. The number of amides is 1. The molecule has 0 radical (unpaired) electrons. The van der Waals surface area contributed by atoms with Crippen molar-refractivity contribution >= 4 is 48.9 Å². The third-order valence-corrected chi connectivity index (χ3v) is 13.1. The van der Waals surface area contributed by atoms with Crippen molar-refractivity contribution in [2.45, 2.75) is 51.2 Å². The Balaban J connectivity index is 1.23. The lowest BCUT2D eigenvalue weighted by Crippen LogP contribution is -2.43. The smallest absolute Gasteiger partial charge is 0.380 e. The number of sulfonamides is 1. The van der Waals surface area contributed by atoms with Crippen LogP contribution in [-0.2, 0) is 24.6 Å². The summed E-state index contributed by atoms with van der Waals surface area (Å²) < 4.78 is 102. The first-order valence-electron chi connectivity index (χ1n) is 16.2. The van der Waals surface area contributed by atoms with E-state index in [2.05, 4.69) is 20.4 Å². The molecule has 6 rings (SSSR count). The van der Waals surface area contributed by atoms with Gasteiger partial charge in [-0.25, -0.2) is 21.6 Å². The second kappa shape index (κ2) is 15.1. The summed E-state index contributed by atoms with van der Waals surface area (Å²) in [4.78, 5) is 16.2. The predicted octanol–water partition coefficient (Wildman–Crippen LogP) is 3.94. The van der Waals surface area contributed by atoms with Crippen molar-refractivity contribution in [1.29, 1.82) is 0 Å². The highest BCUT2D eigenvalue weighted by Gasteiger charge is 2.48. The minimum atomic E-state index is -6.02. The molecule has 0 aromatic heterocycles. The van der Waals surface area contributed by atoms with Gasteiger partial charge in [0, 0.05) is 73.3 Å². The number of rotatable bonds is 13. The van der Waals surface area contributed by atoms with Crippen LogP contribution in [0.2, 0.25) is 0 Å². The van der Waals surface area contributed by atoms with Gasteiger partial charge in [0.05, 0.1) is 23.3 Å². The van der Waals surface area contributed by atoms with Gasteiger partial charge in [-0.15, -0.1) is 11.8 Å². The van der Waals surface area contributed by atoms with Gasteiger partial charge in [0.25, 0.3) is 25.8 Å². The molecule has 270 valence electrons. The van der Waals surface area contributed by atoms with E-state index in [1.54, 1.807) is 12.1 Å². The summed E-state index contributed by atoms with van der Waals surface area (Å²) >= 11 is 1.46. The molecule has 1 amide bonds. The number of fused-ring (bicyclic) bond motifs is 2. The molecule has 3 aliphatic rings. The van der Waals surface area contributed by atoms with Crippen LogP contribution in [0, 0.1) is 0 Å². The van der Waals surface area contributed by atoms with Gasteiger partial charge in [-0.2, -0.15) is 13.2 Å². The highest BCUT2D eigenvalue weighted by molar-refractivity contribution is 7.99. The third kappa shape index (κ3) is 8.40. The van der Waals surface area contributed by atoms with Crippen LogP contribution in [0.4, 0.5) is 24.5 Å². The van der Waals surface area contributed by atoms with E-state index < -0.39 is 47.1 Å². The van der Waals surface area contributed by atoms with E-state index in [9.17, 15) is 34.8 Å². The number of sulfone groups is 1. The Labute approximate surface area is 293 Å². The third-order valence-electron chi connectivity index (χ3n) is 9.03. The van der Waals surface area contributed by atoms with Crippen LogP contribution in [-0.4, -0.2) is 103 Å². The number of piperazine rings is 1. The Morgan fingerprint density at radius 1 is 1.00 bits per heavy atom. The molecular formula is C33H38F3N5O6S3. The van der Waals surface area contributed by atoms with Crippen molar-refractivity contribution in [3.63, 3.8) is 0 Å². The molecule has 3 aliphatic heterocycles. The number of carbonyl (C=O) groups is 1. The van der Waals surface area contributed by atoms with Crippen LogP contribution in [0.25, 0.3) is 0 Å². The fourth-order valence-electron chi connectivity index (χ4n) is 6.33. The molecule has 50 heavy (non-hydrogen) atoms.